The van der Waals surface area contributed by atoms with Crippen LogP contribution in [0.3, 0.4) is 0 Å². The van der Waals surface area contributed by atoms with Gasteiger partial charge in [0.1, 0.15) is 23.5 Å². The molecule has 0 amide bonds. The highest BCUT2D eigenvalue weighted by Gasteiger charge is 2.21. The normalized spacial score (nSPS) is 12.5. The summed E-state index contributed by atoms with van der Waals surface area (Å²) in [5, 5.41) is 6.15. The molecule has 0 saturated heterocycles. The Morgan fingerprint density at radius 3 is 2.71 bits per heavy atom. The molecule has 0 spiro atoms. The van der Waals surface area contributed by atoms with E-state index in [-0.39, 0.29) is 5.92 Å². The van der Waals surface area contributed by atoms with Gasteiger partial charge in [-0.15, -0.1) is 0 Å². The molecule has 4 heterocycles. The average Bonchev–Trinajstić information content (AvgIpc) is 3.32. The highest BCUT2D eigenvalue weighted by Crippen LogP contribution is 2.40. The van der Waals surface area contributed by atoms with Gasteiger partial charge in [-0.05, 0) is 44.5 Å². The van der Waals surface area contributed by atoms with Crippen molar-refractivity contribution in [2.45, 2.75) is 33.1 Å². The van der Waals surface area contributed by atoms with Crippen molar-refractivity contribution in [2.75, 3.05) is 7.11 Å². The van der Waals surface area contributed by atoms with Crippen LogP contribution in [0.25, 0.3) is 33.1 Å². The number of aryl methyl sites for hydroxylation is 2. The minimum absolute atomic E-state index is 0.229. The molecule has 0 aliphatic heterocycles. The maximum absolute atomic E-state index is 5.76. The number of nitrogens with zero attached hydrogens (tertiary/aromatic N) is 4. The monoisotopic (exact) mass is 413 g/mol. The molecular weight excluding hydrogens is 390 g/mol. The number of H-pyrrole nitrogens is 1. The lowest BCUT2D eigenvalue weighted by molar-refractivity contribution is 0.393. The number of fused-ring (bicyclic) bond motifs is 3. The average molecular weight is 413 g/mol. The van der Waals surface area contributed by atoms with E-state index in [1.807, 2.05) is 38.2 Å². The first-order valence-corrected chi connectivity index (χ1v) is 10.2. The molecule has 156 valence electrons. The molecule has 0 bridgehead atoms. The van der Waals surface area contributed by atoms with Gasteiger partial charge in [-0.1, -0.05) is 18.1 Å². The van der Waals surface area contributed by atoms with Gasteiger partial charge in [0.15, 0.2) is 0 Å². The zero-order chi connectivity index (χ0) is 21.5. The lowest BCUT2D eigenvalue weighted by Gasteiger charge is -2.11. The minimum atomic E-state index is 0.229. The van der Waals surface area contributed by atoms with Crippen LogP contribution < -0.4 is 4.74 Å². The van der Waals surface area contributed by atoms with E-state index in [1.54, 1.807) is 13.4 Å². The van der Waals surface area contributed by atoms with Gasteiger partial charge in [0.2, 0.25) is 0 Å². The van der Waals surface area contributed by atoms with Crippen molar-refractivity contribution in [2.24, 2.45) is 0 Å². The van der Waals surface area contributed by atoms with Gasteiger partial charge in [0.05, 0.1) is 24.1 Å². The summed E-state index contributed by atoms with van der Waals surface area (Å²) in [7, 11) is 1.68. The van der Waals surface area contributed by atoms with Crippen molar-refractivity contribution < 1.29 is 9.26 Å². The van der Waals surface area contributed by atoms with Crippen LogP contribution in [0.1, 0.15) is 35.7 Å². The van der Waals surface area contributed by atoms with Gasteiger partial charge in [-0.3, -0.25) is 4.98 Å². The highest BCUT2D eigenvalue weighted by atomic mass is 16.5. The Bertz CT molecular complexity index is 1370. The molecular formula is C24H23N5O2. The molecule has 0 fully saturated rings. The lowest BCUT2D eigenvalue weighted by Crippen LogP contribution is -2.03. The van der Waals surface area contributed by atoms with Crippen molar-refractivity contribution >= 4 is 21.9 Å². The number of methoxy groups -OCH3 is 1. The first-order chi connectivity index (χ1) is 15.1. The second-order valence-corrected chi connectivity index (χ2v) is 7.83. The standard InChI is InChI=1S/C24H23N5O2/c1-13(18-7-5-6-8-25-18)9-20-23-16-11-21(30-4)17(22-14(2)29-31-15(22)3)10-19(16)28-24(23)27-12-26-20/h5-8,10-13H,9H2,1-4H3,(H,26,27,28)/t13-/m0/s1. The number of aromatic nitrogens is 5. The van der Waals surface area contributed by atoms with Gasteiger partial charge < -0.3 is 14.2 Å². The minimum Gasteiger partial charge on any atom is -0.496 e. The molecule has 0 unspecified atom stereocenters. The quantitative estimate of drug-likeness (QED) is 0.429. The number of benzene rings is 1. The summed E-state index contributed by atoms with van der Waals surface area (Å²) in [4.78, 5) is 17.1. The summed E-state index contributed by atoms with van der Waals surface area (Å²) < 4.78 is 11.1. The van der Waals surface area contributed by atoms with Crippen LogP contribution in [0.5, 0.6) is 5.75 Å². The van der Waals surface area contributed by atoms with Gasteiger partial charge in [0, 0.05) is 39.7 Å². The van der Waals surface area contributed by atoms with Crippen LogP contribution in [0, 0.1) is 13.8 Å². The molecule has 5 aromatic rings. The SMILES string of the molecule is COc1cc2c(cc1-c1c(C)noc1C)[nH]c1ncnc(C[C@H](C)c3ccccn3)c12. The molecule has 1 N–H and O–H groups in total. The summed E-state index contributed by atoms with van der Waals surface area (Å²) in [6, 6.07) is 10.1. The zero-order valence-electron chi connectivity index (χ0n) is 17.9. The number of hydrogen-bond acceptors (Lipinski definition) is 6. The first kappa shape index (κ1) is 19.2. The van der Waals surface area contributed by atoms with Gasteiger partial charge in [-0.2, -0.15) is 0 Å². The number of pyridine rings is 1. The van der Waals surface area contributed by atoms with Gasteiger partial charge in [-0.25, -0.2) is 9.97 Å². The maximum Gasteiger partial charge on any atom is 0.142 e. The van der Waals surface area contributed by atoms with Gasteiger partial charge >= 0.3 is 0 Å². The smallest absolute Gasteiger partial charge is 0.142 e. The van der Waals surface area contributed by atoms with E-state index in [2.05, 4.69) is 44.1 Å². The molecule has 4 aromatic heterocycles. The van der Waals surface area contributed by atoms with Crippen molar-refractivity contribution in [3.63, 3.8) is 0 Å². The van der Waals surface area contributed by atoms with Crippen molar-refractivity contribution in [1.29, 1.82) is 0 Å². The van der Waals surface area contributed by atoms with E-state index in [0.717, 1.165) is 68.1 Å². The summed E-state index contributed by atoms with van der Waals surface area (Å²) in [5.41, 5.74) is 6.54. The van der Waals surface area contributed by atoms with Crippen LogP contribution in [0.2, 0.25) is 0 Å². The topological polar surface area (TPSA) is 89.7 Å². The Balaban J connectivity index is 1.67. The predicted octanol–water partition coefficient (Wildman–Crippen LogP) is 5.13. The van der Waals surface area contributed by atoms with Gasteiger partial charge in [0.25, 0.3) is 0 Å². The van der Waals surface area contributed by atoms with Crippen molar-refractivity contribution in [3.8, 4) is 16.9 Å². The second-order valence-electron chi connectivity index (χ2n) is 7.83. The van der Waals surface area contributed by atoms with Crippen LogP contribution in [0.4, 0.5) is 0 Å². The molecule has 0 radical (unpaired) electrons. The number of hydrogen-bond donors (Lipinski definition) is 1. The molecule has 0 aliphatic rings. The summed E-state index contributed by atoms with van der Waals surface area (Å²) >= 11 is 0. The Morgan fingerprint density at radius 2 is 2.00 bits per heavy atom. The fourth-order valence-electron chi connectivity index (χ4n) is 4.27. The number of rotatable bonds is 5. The third kappa shape index (κ3) is 3.22. The summed E-state index contributed by atoms with van der Waals surface area (Å²) in [6.07, 6.45) is 4.20. The molecule has 7 heteroatoms. The fraction of sp³-hybridized carbons (Fsp3) is 0.250. The fourth-order valence-corrected chi connectivity index (χ4v) is 4.27. The van der Waals surface area contributed by atoms with Crippen molar-refractivity contribution in [1.82, 2.24) is 25.1 Å². The lowest BCUT2D eigenvalue weighted by atomic mass is 9.97. The molecule has 31 heavy (non-hydrogen) atoms. The first-order valence-electron chi connectivity index (χ1n) is 10.2. The van der Waals surface area contributed by atoms with Crippen molar-refractivity contribution in [3.05, 3.63) is 65.7 Å². The summed E-state index contributed by atoms with van der Waals surface area (Å²) in [5.74, 6) is 1.75. The largest absolute Gasteiger partial charge is 0.496 e. The maximum atomic E-state index is 5.76. The molecule has 7 nitrogen and oxygen atoms in total. The zero-order valence-corrected chi connectivity index (χ0v) is 17.9. The Hall–Kier alpha value is -3.74. The third-order valence-electron chi connectivity index (χ3n) is 5.78. The molecule has 0 aliphatic carbocycles. The second kappa shape index (κ2) is 7.50. The van der Waals surface area contributed by atoms with E-state index in [9.17, 15) is 0 Å². The van der Waals surface area contributed by atoms with Crippen LogP contribution in [0.15, 0.2) is 47.4 Å². The molecule has 0 saturated carbocycles. The van der Waals surface area contributed by atoms with Crippen LogP contribution in [-0.2, 0) is 6.42 Å². The molecule has 5 rings (SSSR count). The van der Waals surface area contributed by atoms with Crippen LogP contribution in [-0.4, -0.2) is 32.2 Å². The molecule has 1 atom stereocenters. The Morgan fingerprint density at radius 1 is 1.13 bits per heavy atom. The third-order valence-corrected chi connectivity index (χ3v) is 5.78. The molecule has 1 aromatic carbocycles. The van der Waals surface area contributed by atoms with E-state index in [0.29, 0.717) is 0 Å². The van der Waals surface area contributed by atoms with E-state index < -0.39 is 0 Å². The number of ether oxygens (including phenoxy) is 1. The van der Waals surface area contributed by atoms with E-state index in [4.69, 9.17) is 9.26 Å². The Labute approximate surface area is 179 Å². The highest BCUT2D eigenvalue weighted by molar-refractivity contribution is 6.09. The summed E-state index contributed by atoms with van der Waals surface area (Å²) in [6.45, 7) is 6.01. The number of aromatic amines is 1. The van der Waals surface area contributed by atoms with E-state index in [1.165, 1.54) is 0 Å². The Kier molecular flexibility index (Phi) is 4.66. The number of nitrogens with one attached hydrogen (secondary N) is 1. The van der Waals surface area contributed by atoms with E-state index >= 15 is 0 Å². The van der Waals surface area contributed by atoms with Crippen LogP contribution >= 0.6 is 0 Å². The predicted molar refractivity (Wildman–Crippen MR) is 119 cm³/mol.